The van der Waals surface area contributed by atoms with E-state index in [-0.39, 0.29) is 30.7 Å². The number of carbonyl (C=O) groups is 1. The molecule has 2 heterocycles. The van der Waals surface area contributed by atoms with Crippen LogP contribution in [0.25, 0.3) is 0 Å². The number of carbonyl (C=O) groups excluding carboxylic acids is 1. The second kappa shape index (κ2) is 10.1. The van der Waals surface area contributed by atoms with Crippen molar-refractivity contribution in [1.29, 1.82) is 0 Å². The largest absolute Gasteiger partial charge is 0.439 e. The lowest BCUT2D eigenvalue weighted by Crippen LogP contribution is -2.27. The predicted octanol–water partition coefficient (Wildman–Crippen LogP) is 3.80. The average Bonchev–Trinajstić information content (AvgIpc) is 3.01. The molecule has 3 rings (SSSR count). The van der Waals surface area contributed by atoms with E-state index in [2.05, 4.69) is 15.6 Å². The Morgan fingerprint density at radius 1 is 1.25 bits per heavy atom. The molecule has 1 aromatic heterocycles. The van der Waals surface area contributed by atoms with Crippen molar-refractivity contribution >= 4 is 36.4 Å². The SMILES string of the molecule is Cl.Cl.O=C(CC1CCCN1)Nc1cccc(Oc2ccccn2)c1. The van der Waals surface area contributed by atoms with Gasteiger partial charge >= 0.3 is 0 Å². The number of amides is 1. The van der Waals surface area contributed by atoms with Gasteiger partial charge in [-0.3, -0.25) is 4.79 Å². The molecule has 1 atom stereocenters. The molecule has 7 heteroatoms. The van der Waals surface area contributed by atoms with Gasteiger partial charge in [-0.2, -0.15) is 0 Å². The summed E-state index contributed by atoms with van der Waals surface area (Å²) in [4.78, 5) is 16.1. The number of aromatic nitrogens is 1. The second-order valence-corrected chi connectivity index (χ2v) is 5.34. The summed E-state index contributed by atoms with van der Waals surface area (Å²) in [5, 5.41) is 6.24. The van der Waals surface area contributed by atoms with Crippen molar-refractivity contribution in [3.05, 3.63) is 48.7 Å². The Bertz CT molecular complexity index is 635. The molecule has 2 aromatic rings. The minimum Gasteiger partial charge on any atom is -0.439 e. The van der Waals surface area contributed by atoms with Gasteiger partial charge in [-0.25, -0.2) is 4.98 Å². The molecule has 2 N–H and O–H groups in total. The van der Waals surface area contributed by atoms with Crippen LogP contribution in [0, 0.1) is 0 Å². The maximum atomic E-state index is 12.0. The normalized spacial score (nSPS) is 15.8. The zero-order valence-corrected chi connectivity index (χ0v) is 14.7. The number of anilines is 1. The van der Waals surface area contributed by atoms with Gasteiger partial charge in [-0.15, -0.1) is 24.8 Å². The summed E-state index contributed by atoms with van der Waals surface area (Å²) in [6.45, 7) is 1.01. The standard InChI is InChI=1S/C17H19N3O2.2ClH/c21-16(12-13-6-4-10-18-13)20-14-5-3-7-15(11-14)22-17-8-1-2-9-19-17;;/h1-3,5,7-9,11,13,18H,4,6,10,12H2,(H,20,21);2*1H. The fraction of sp³-hybridized carbons (Fsp3) is 0.294. The fourth-order valence-electron chi connectivity index (χ4n) is 2.53. The molecule has 0 spiro atoms. The van der Waals surface area contributed by atoms with Crippen LogP contribution in [0.3, 0.4) is 0 Å². The highest BCUT2D eigenvalue weighted by atomic mass is 35.5. The topological polar surface area (TPSA) is 63.2 Å². The summed E-state index contributed by atoms with van der Waals surface area (Å²) in [7, 11) is 0. The Morgan fingerprint density at radius 3 is 2.83 bits per heavy atom. The first-order chi connectivity index (χ1) is 10.8. The van der Waals surface area contributed by atoms with Crippen LogP contribution >= 0.6 is 24.8 Å². The van der Waals surface area contributed by atoms with Gasteiger partial charge in [0.25, 0.3) is 0 Å². The number of halogens is 2. The van der Waals surface area contributed by atoms with Crippen molar-refractivity contribution in [2.24, 2.45) is 0 Å². The van der Waals surface area contributed by atoms with Gasteiger partial charge in [0.2, 0.25) is 11.8 Å². The summed E-state index contributed by atoms with van der Waals surface area (Å²) >= 11 is 0. The first kappa shape index (κ1) is 20.2. The Labute approximate surface area is 154 Å². The number of rotatable bonds is 5. The molecule has 0 radical (unpaired) electrons. The molecule has 0 bridgehead atoms. The lowest BCUT2D eigenvalue weighted by atomic mass is 10.1. The number of nitrogens with one attached hydrogen (secondary N) is 2. The van der Waals surface area contributed by atoms with E-state index < -0.39 is 0 Å². The third-order valence-electron chi connectivity index (χ3n) is 3.57. The molecule has 1 aliphatic heterocycles. The van der Waals surface area contributed by atoms with E-state index in [4.69, 9.17) is 4.74 Å². The molecule has 1 fully saturated rings. The summed E-state index contributed by atoms with van der Waals surface area (Å²) in [6, 6.07) is 13.1. The molecule has 1 aliphatic rings. The monoisotopic (exact) mass is 369 g/mol. The number of hydrogen-bond acceptors (Lipinski definition) is 4. The van der Waals surface area contributed by atoms with Gasteiger partial charge in [0.15, 0.2) is 0 Å². The predicted molar refractivity (Wildman–Crippen MR) is 99.5 cm³/mol. The van der Waals surface area contributed by atoms with Crippen molar-refractivity contribution in [2.75, 3.05) is 11.9 Å². The Balaban J connectivity index is 0.00000144. The van der Waals surface area contributed by atoms with E-state index in [9.17, 15) is 4.79 Å². The minimum absolute atomic E-state index is 0. The maximum absolute atomic E-state index is 12.0. The summed E-state index contributed by atoms with van der Waals surface area (Å²) in [6.07, 6.45) is 4.39. The van der Waals surface area contributed by atoms with Gasteiger partial charge in [-0.05, 0) is 37.6 Å². The lowest BCUT2D eigenvalue weighted by Gasteiger charge is -2.11. The first-order valence-electron chi connectivity index (χ1n) is 7.52. The lowest BCUT2D eigenvalue weighted by molar-refractivity contribution is -0.116. The number of hydrogen-bond donors (Lipinski definition) is 2. The third-order valence-corrected chi connectivity index (χ3v) is 3.57. The summed E-state index contributed by atoms with van der Waals surface area (Å²) in [5.41, 5.74) is 0.733. The highest BCUT2D eigenvalue weighted by Gasteiger charge is 2.17. The van der Waals surface area contributed by atoms with Crippen LogP contribution in [0.5, 0.6) is 11.6 Å². The van der Waals surface area contributed by atoms with E-state index in [1.807, 2.05) is 30.3 Å². The van der Waals surface area contributed by atoms with Crippen LogP contribution < -0.4 is 15.4 Å². The van der Waals surface area contributed by atoms with Gasteiger partial charge < -0.3 is 15.4 Å². The maximum Gasteiger partial charge on any atom is 0.225 e. The van der Waals surface area contributed by atoms with Crippen molar-refractivity contribution in [3.8, 4) is 11.6 Å². The number of nitrogens with zero attached hydrogens (tertiary/aromatic N) is 1. The molecule has 0 saturated carbocycles. The highest BCUT2D eigenvalue weighted by Crippen LogP contribution is 2.22. The number of benzene rings is 1. The summed E-state index contributed by atoms with van der Waals surface area (Å²) in [5.74, 6) is 1.20. The molecular weight excluding hydrogens is 349 g/mol. The van der Waals surface area contributed by atoms with E-state index in [1.165, 1.54) is 0 Å². The molecule has 1 amide bonds. The van der Waals surface area contributed by atoms with E-state index in [1.54, 1.807) is 18.3 Å². The smallest absolute Gasteiger partial charge is 0.225 e. The molecule has 1 saturated heterocycles. The molecule has 5 nitrogen and oxygen atoms in total. The van der Waals surface area contributed by atoms with Crippen molar-refractivity contribution in [3.63, 3.8) is 0 Å². The van der Waals surface area contributed by atoms with Crippen LogP contribution in [-0.4, -0.2) is 23.5 Å². The molecule has 1 aromatic carbocycles. The van der Waals surface area contributed by atoms with Gasteiger partial charge in [-0.1, -0.05) is 12.1 Å². The molecule has 130 valence electrons. The van der Waals surface area contributed by atoms with Crippen molar-refractivity contribution < 1.29 is 9.53 Å². The average molecular weight is 370 g/mol. The van der Waals surface area contributed by atoms with Crippen molar-refractivity contribution in [1.82, 2.24) is 10.3 Å². The van der Waals surface area contributed by atoms with Crippen LogP contribution in [0.4, 0.5) is 5.69 Å². The molecular formula is C17H21Cl2N3O2. The van der Waals surface area contributed by atoms with Crippen LogP contribution in [0.1, 0.15) is 19.3 Å². The van der Waals surface area contributed by atoms with E-state index >= 15 is 0 Å². The Hall–Kier alpha value is -1.82. The number of pyridine rings is 1. The zero-order chi connectivity index (χ0) is 15.2. The van der Waals surface area contributed by atoms with Crippen LogP contribution in [-0.2, 0) is 4.79 Å². The Kier molecular flexibility index (Phi) is 8.54. The quantitative estimate of drug-likeness (QED) is 0.841. The van der Waals surface area contributed by atoms with Gasteiger partial charge in [0, 0.05) is 36.5 Å². The Morgan fingerprint density at radius 2 is 2.12 bits per heavy atom. The highest BCUT2D eigenvalue weighted by molar-refractivity contribution is 5.91. The zero-order valence-electron chi connectivity index (χ0n) is 13.1. The van der Waals surface area contributed by atoms with Gasteiger partial charge in [0.05, 0.1) is 0 Å². The van der Waals surface area contributed by atoms with Crippen LogP contribution in [0.15, 0.2) is 48.7 Å². The third kappa shape index (κ3) is 6.00. The fourth-order valence-corrected chi connectivity index (χ4v) is 2.53. The molecule has 0 aliphatic carbocycles. The molecule has 1 unspecified atom stereocenters. The van der Waals surface area contributed by atoms with Gasteiger partial charge in [0.1, 0.15) is 5.75 Å². The first-order valence-corrected chi connectivity index (χ1v) is 7.52. The molecule has 24 heavy (non-hydrogen) atoms. The second-order valence-electron chi connectivity index (χ2n) is 5.34. The van der Waals surface area contributed by atoms with Crippen LogP contribution in [0.2, 0.25) is 0 Å². The van der Waals surface area contributed by atoms with E-state index in [0.29, 0.717) is 24.1 Å². The summed E-state index contributed by atoms with van der Waals surface area (Å²) < 4.78 is 5.66. The minimum atomic E-state index is 0. The number of ether oxygens (including phenoxy) is 1. The van der Waals surface area contributed by atoms with Crippen molar-refractivity contribution in [2.45, 2.75) is 25.3 Å². The van der Waals surface area contributed by atoms with E-state index in [0.717, 1.165) is 25.1 Å².